The van der Waals surface area contributed by atoms with E-state index in [0.717, 1.165) is 45.2 Å². The first kappa shape index (κ1) is 18.1. The SMILES string of the molecule is Cc1ncccc1-c1cccc(C2=Nc3ccc(-n4cccc4)cc3NC(=O)C2)c1. The van der Waals surface area contributed by atoms with E-state index < -0.39 is 0 Å². The fourth-order valence-electron chi connectivity index (χ4n) is 3.74. The van der Waals surface area contributed by atoms with Crippen molar-refractivity contribution < 1.29 is 4.79 Å². The number of aryl methyl sites for hydroxylation is 1. The summed E-state index contributed by atoms with van der Waals surface area (Å²) in [6.45, 7) is 2.00. The van der Waals surface area contributed by atoms with E-state index in [1.807, 2.05) is 72.4 Å². The zero-order chi connectivity index (χ0) is 20.5. The smallest absolute Gasteiger partial charge is 0.230 e. The Morgan fingerprint density at radius 2 is 1.77 bits per heavy atom. The average Bonchev–Trinajstić information content (AvgIpc) is 3.24. The van der Waals surface area contributed by atoms with Crippen molar-refractivity contribution in [2.75, 3.05) is 5.32 Å². The van der Waals surface area contributed by atoms with Gasteiger partial charge in [0, 0.05) is 35.5 Å². The van der Waals surface area contributed by atoms with Crippen LogP contribution < -0.4 is 5.32 Å². The van der Waals surface area contributed by atoms with Gasteiger partial charge >= 0.3 is 0 Å². The molecule has 0 fully saturated rings. The van der Waals surface area contributed by atoms with Gasteiger partial charge < -0.3 is 9.88 Å². The number of fused-ring (bicyclic) bond motifs is 1. The van der Waals surface area contributed by atoms with E-state index in [1.165, 1.54) is 0 Å². The fourth-order valence-corrected chi connectivity index (χ4v) is 3.74. The van der Waals surface area contributed by atoms with Gasteiger partial charge in [-0.3, -0.25) is 14.8 Å². The van der Waals surface area contributed by atoms with Crippen LogP contribution >= 0.6 is 0 Å². The third kappa shape index (κ3) is 3.42. The standard InChI is InChI=1S/C25H20N4O/c1-17-21(8-5-11-26-17)18-6-4-7-19(14-18)23-16-25(30)28-24-15-20(9-10-22(24)27-23)29-12-2-3-13-29/h2-15H,16H2,1H3,(H,28,30). The van der Waals surface area contributed by atoms with Crippen LogP contribution in [0, 0.1) is 6.92 Å². The molecule has 30 heavy (non-hydrogen) atoms. The van der Waals surface area contributed by atoms with Crippen LogP contribution in [0.15, 0.2) is 90.3 Å². The van der Waals surface area contributed by atoms with Gasteiger partial charge in [0.05, 0.1) is 23.5 Å². The number of pyridine rings is 1. The van der Waals surface area contributed by atoms with Crippen molar-refractivity contribution in [1.29, 1.82) is 0 Å². The number of benzene rings is 2. The largest absolute Gasteiger partial charge is 0.324 e. The summed E-state index contributed by atoms with van der Waals surface area (Å²) >= 11 is 0. The first-order valence-electron chi connectivity index (χ1n) is 9.84. The second kappa shape index (κ2) is 7.44. The average molecular weight is 392 g/mol. The second-order valence-electron chi connectivity index (χ2n) is 7.29. The zero-order valence-corrected chi connectivity index (χ0v) is 16.5. The van der Waals surface area contributed by atoms with E-state index in [0.29, 0.717) is 0 Å². The summed E-state index contributed by atoms with van der Waals surface area (Å²) in [7, 11) is 0. The maximum Gasteiger partial charge on any atom is 0.230 e. The van der Waals surface area contributed by atoms with Gasteiger partial charge in [0.15, 0.2) is 0 Å². The topological polar surface area (TPSA) is 59.3 Å². The molecule has 2 aromatic carbocycles. The number of carbonyl (C=O) groups excluding carboxylic acids is 1. The van der Waals surface area contributed by atoms with Gasteiger partial charge in [-0.2, -0.15) is 0 Å². The van der Waals surface area contributed by atoms with Gasteiger partial charge in [0.2, 0.25) is 5.91 Å². The molecule has 0 saturated heterocycles. The number of hydrogen-bond donors (Lipinski definition) is 1. The highest BCUT2D eigenvalue weighted by Gasteiger charge is 2.18. The predicted molar refractivity (Wildman–Crippen MR) is 120 cm³/mol. The second-order valence-corrected chi connectivity index (χ2v) is 7.29. The Bertz CT molecular complexity index is 1270. The minimum atomic E-state index is -0.0693. The van der Waals surface area contributed by atoms with E-state index in [-0.39, 0.29) is 12.3 Å². The Balaban J connectivity index is 1.56. The lowest BCUT2D eigenvalue weighted by Crippen LogP contribution is -2.15. The summed E-state index contributed by atoms with van der Waals surface area (Å²) in [4.78, 5) is 21.9. The molecule has 2 aromatic heterocycles. The minimum Gasteiger partial charge on any atom is -0.324 e. The maximum atomic E-state index is 12.6. The van der Waals surface area contributed by atoms with Crippen LogP contribution in [0.3, 0.4) is 0 Å². The van der Waals surface area contributed by atoms with Crippen LogP contribution in [0.5, 0.6) is 0 Å². The highest BCUT2D eigenvalue weighted by atomic mass is 16.1. The quantitative estimate of drug-likeness (QED) is 0.514. The van der Waals surface area contributed by atoms with Crippen molar-refractivity contribution in [2.24, 2.45) is 4.99 Å². The number of nitrogens with one attached hydrogen (secondary N) is 1. The van der Waals surface area contributed by atoms with Crippen molar-refractivity contribution >= 4 is 23.0 Å². The van der Waals surface area contributed by atoms with Gasteiger partial charge in [-0.15, -0.1) is 0 Å². The Morgan fingerprint density at radius 3 is 2.60 bits per heavy atom. The first-order valence-corrected chi connectivity index (χ1v) is 9.84. The summed E-state index contributed by atoms with van der Waals surface area (Å²) in [5, 5.41) is 3.00. The molecule has 4 aromatic rings. The molecule has 0 spiro atoms. The first-order chi connectivity index (χ1) is 14.7. The molecule has 1 aliphatic rings. The molecular weight excluding hydrogens is 372 g/mol. The van der Waals surface area contributed by atoms with Crippen LogP contribution in [0.25, 0.3) is 16.8 Å². The molecule has 5 rings (SSSR count). The Kier molecular flexibility index (Phi) is 4.48. The van der Waals surface area contributed by atoms with Crippen LogP contribution in [0.1, 0.15) is 17.7 Å². The molecule has 1 aliphatic heterocycles. The molecule has 1 amide bonds. The zero-order valence-electron chi connectivity index (χ0n) is 16.5. The van der Waals surface area contributed by atoms with Crippen LogP contribution in [-0.4, -0.2) is 21.2 Å². The predicted octanol–water partition coefficient (Wildman–Crippen LogP) is 5.31. The number of anilines is 1. The van der Waals surface area contributed by atoms with Crippen molar-refractivity contribution in [2.45, 2.75) is 13.3 Å². The molecule has 0 saturated carbocycles. The summed E-state index contributed by atoms with van der Waals surface area (Å²) < 4.78 is 2.00. The van der Waals surface area contributed by atoms with Crippen molar-refractivity contribution in [3.05, 3.63) is 96.6 Å². The van der Waals surface area contributed by atoms with Gasteiger partial charge in [-0.25, -0.2) is 0 Å². The number of nitrogens with zero attached hydrogens (tertiary/aromatic N) is 3. The van der Waals surface area contributed by atoms with Crippen molar-refractivity contribution in [1.82, 2.24) is 9.55 Å². The normalized spacial score (nSPS) is 13.2. The number of rotatable bonds is 3. The summed E-state index contributed by atoms with van der Waals surface area (Å²) in [6.07, 6.45) is 5.96. The molecule has 0 radical (unpaired) electrons. The molecule has 3 heterocycles. The van der Waals surface area contributed by atoms with Gasteiger partial charge in [-0.1, -0.05) is 24.3 Å². The van der Waals surface area contributed by atoms with E-state index in [4.69, 9.17) is 4.99 Å². The van der Waals surface area contributed by atoms with Gasteiger partial charge in [0.1, 0.15) is 0 Å². The fraction of sp³-hybridized carbons (Fsp3) is 0.0800. The van der Waals surface area contributed by atoms with E-state index in [1.54, 1.807) is 6.20 Å². The van der Waals surface area contributed by atoms with Crippen molar-refractivity contribution in [3.63, 3.8) is 0 Å². The molecule has 146 valence electrons. The van der Waals surface area contributed by atoms with Gasteiger partial charge in [0.25, 0.3) is 0 Å². The lowest BCUT2D eigenvalue weighted by molar-refractivity contribution is -0.115. The third-order valence-electron chi connectivity index (χ3n) is 5.25. The van der Waals surface area contributed by atoms with E-state index in [2.05, 4.69) is 28.5 Å². The third-order valence-corrected chi connectivity index (χ3v) is 5.25. The molecule has 5 heteroatoms. The van der Waals surface area contributed by atoms with Crippen LogP contribution in [0.2, 0.25) is 0 Å². The number of amides is 1. The maximum absolute atomic E-state index is 12.6. The van der Waals surface area contributed by atoms with Crippen LogP contribution in [-0.2, 0) is 4.79 Å². The number of carbonyl (C=O) groups is 1. The number of aliphatic imine (C=N–C) groups is 1. The number of hydrogen-bond acceptors (Lipinski definition) is 3. The van der Waals surface area contributed by atoms with Crippen LogP contribution in [0.4, 0.5) is 11.4 Å². The molecule has 0 bridgehead atoms. The Labute approximate surface area is 174 Å². The highest BCUT2D eigenvalue weighted by Crippen LogP contribution is 2.32. The number of aromatic nitrogens is 2. The lowest BCUT2D eigenvalue weighted by Gasteiger charge is -2.09. The van der Waals surface area contributed by atoms with Crippen molar-refractivity contribution in [3.8, 4) is 16.8 Å². The summed E-state index contributed by atoms with van der Waals surface area (Å²) in [6, 6.07) is 22.0. The molecule has 5 nitrogen and oxygen atoms in total. The molecule has 1 N–H and O–H groups in total. The Morgan fingerprint density at radius 1 is 0.933 bits per heavy atom. The summed E-state index contributed by atoms with van der Waals surface area (Å²) in [5.41, 5.74) is 7.26. The lowest BCUT2D eigenvalue weighted by atomic mass is 9.99. The Hall–Kier alpha value is -3.99. The molecule has 0 unspecified atom stereocenters. The van der Waals surface area contributed by atoms with E-state index >= 15 is 0 Å². The molecular formula is C25H20N4O. The summed E-state index contributed by atoms with van der Waals surface area (Å²) in [5.74, 6) is -0.0693. The van der Waals surface area contributed by atoms with E-state index in [9.17, 15) is 4.79 Å². The monoisotopic (exact) mass is 392 g/mol. The minimum absolute atomic E-state index is 0.0693. The van der Waals surface area contributed by atoms with Gasteiger partial charge in [-0.05, 0) is 60.5 Å². The molecule has 0 atom stereocenters. The highest BCUT2D eigenvalue weighted by molar-refractivity contribution is 6.17. The molecule has 0 aliphatic carbocycles.